The van der Waals surface area contributed by atoms with Crippen LogP contribution in [0.1, 0.15) is 12.8 Å². The molecule has 0 aromatic carbocycles. The summed E-state index contributed by atoms with van der Waals surface area (Å²) in [6.07, 6.45) is 8.23. The van der Waals surface area contributed by atoms with Gasteiger partial charge in [0, 0.05) is 24.5 Å². The third kappa shape index (κ3) is 5.52. The lowest BCUT2D eigenvalue weighted by Crippen LogP contribution is -2.19. The van der Waals surface area contributed by atoms with Crippen LogP contribution in [0.5, 0.6) is 0 Å². The van der Waals surface area contributed by atoms with Crippen LogP contribution in [-0.4, -0.2) is 40.9 Å². The standard InChI is InChI=1S/C16H20O5/c1-2-10-21-16(20)8-4-3-6-12-13(7-5-9-17)15(19)11-14(12)18/h2-6,8,12-15,18-19H,1,7,10-11H2/b6-3+,8-4+/t12-,13+,14-,15+/m0/s1. The highest BCUT2D eigenvalue weighted by atomic mass is 16.5. The monoisotopic (exact) mass is 292 g/mol. The van der Waals surface area contributed by atoms with Gasteiger partial charge in [0.2, 0.25) is 0 Å². The summed E-state index contributed by atoms with van der Waals surface area (Å²) in [4.78, 5) is 21.5. The van der Waals surface area contributed by atoms with E-state index in [1.165, 1.54) is 24.3 Å². The summed E-state index contributed by atoms with van der Waals surface area (Å²) in [6.45, 7) is 3.59. The Morgan fingerprint density at radius 3 is 2.76 bits per heavy atom. The highest BCUT2D eigenvalue weighted by molar-refractivity contribution is 5.82. The van der Waals surface area contributed by atoms with Gasteiger partial charge in [0.05, 0.1) is 12.2 Å². The first-order valence-corrected chi connectivity index (χ1v) is 6.78. The highest BCUT2D eigenvalue weighted by Gasteiger charge is 2.39. The fourth-order valence-electron chi connectivity index (χ4n) is 2.41. The minimum Gasteiger partial charge on any atom is -0.458 e. The third-order valence-electron chi connectivity index (χ3n) is 3.41. The molecule has 5 nitrogen and oxygen atoms in total. The quantitative estimate of drug-likeness (QED) is 0.240. The predicted octanol–water partition coefficient (Wildman–Crippen LogP) is 0.964. The van der Waals surface area contributed by atoms with E-state index < -0.39 is 18.2 Å². The van der Waals surface area contributed by atoms with Crippen LogP contribution in [0.4, 0.5) is 0 Å². The Balaban J connectivity index is 2.59. The Morgan fingerprint density at radius 2 is 2.10 bits per heavy atom. The first-order valence-electron chi connectivity index (χ1n) is 6.78. The number of ether oxygens (including phenoxy) is 1. The number of hydrogen-bond donors (Lipinski definition) is 2. The molecule has 21 heavy (non-hydrogen) atoms. The molecule has 1 saturated carbocycles. The molecule has 114 valence electrons. The van der Waals surface area contributed by atoms with Crippen LogP contribution in [0.2, 0.25) is 0 Å². The summed E-state index contributed by atoms with van der Waals surface area (Å²) in [6, 6.07) is 0. The summed E-state index contributed by atoms with van der Waals surface area (Å²) in [5, 5.41) is 19.8. The molecule has 0 amide bonds. The third-order valence-corrected chi connectivity index (χ3v) is 3.41. The van der Waals surface area contributed by atoms with E-state index in [2.05, 4.69) is 6.58 Å². The molecule has 0 unspecified atom stereocenters. The first-order chi connectivity index (χ1) is 10.1. The largest absolute Gasteiger partial charge is 0.458 e. The summed E-state index contributed by atoms with van der Waals surface area (Å²) in [5.74, 6) is 0.709. The number of rotatable bonds is 7. The van der Waals surface area contributed by atoms with Crippen molar-refractivity contribution in [1.82, 2.24) is 0 Å². The summed E-state index contributed by atoms with van der Waals surface area (Å²) < 4.78 is 4.76. The van der Waals surface area contributed by atoms with Crippen molar-refractivity contribution in [1.29, 1.82) is 0 Å². The SMILES string of the molecule is C=CCOC(=O)/C=C/C=C/[C@H]1[C@@H](CC=C=O)[C@H](O)C[C@@H]1O. The molecule has 0 aliphatic heterocycles. The van der Waals surface area contributed by atoms with Gasteiger partial charge in [-0.1, -0.05) is 30.9 Å². The average molecular weight is 292 g/mol. The van der Waals surface area contributed by atoms with Gasteiger partial charge in [0.15, 0.2) is 0 Å². The van der Waals surface area contributed by atoms with E-state index in [0.717, 1.165) is 0 Å². The fourth-order valence-corrected chi connectivity index (χ4v) is 2.41. The number of allylic oxidation sites excluding steroid dienone is 3. The number of aliphatic hydroxyl groups is 2. The van der Waals surface area contributed by atoms with E-state index in [4.69, 9.17) is 4.74 Å². The molecule has 5 heteroatoms. The van der Waals surface area contributed by atoms with Gasteiger partial charge in [0.1, 0.15) is 12.5 Å². The Hall–Kier alpha value is -1.94. The predicted molar refractivity (Wildman–Crippen MR) is 77.9 cm³/mol. The number of esters is 1. The number of carbonyl (C=O) groups excluding carboxylic acids is 2. The van der Waals surface area contributed by atoms with Gasteiger partial charge < -0.3 is 14.9 Å². The van der Waals surface area contributed by atoms with E-state index in [-0.39, 0.29) is 24.9 Å². The van der Waals surface area contributed by atoms with Gasteiger partial charge in [-0.15, -0.1) is 0 Å². The highest BCUT2D eigenvalue weighted by Crippen LogP contribution is 2.35. The van der Waals surface area contributed by atoms with Crippen molar-refractivity contribution in [3.63, 3.8) is 0 Å². The molecule has 1 aliphatic rings. The molecular weight excluding hydrogens is 272 g/mol. The Bertz CT molecular complexity index is 459. The van der Waals surface area contributed by atoms with Crippen molar-refractivity contribution < 1.29 is 24.5 Å². The molecule has 1 fully saturated rings. The molecule has 4 atom stereocenters. The first kappa shape index (κ1) is 17.1. The molecule has 0 aromatic heterocycles. The van der Waals surface area contributed by atoms with Crippen molar-refractivity contribution in [2.75, 3.05) is 6.61 Å². The molecule has 0 spiro atoms. The molecule has 0 heterocycles. The van der Waals surface area contributed by atoms with Gasteiger partial charge >= 0.3 is 5.97 Å². The Kier molecular flexibility index (Phi) is 7.40. The van der Waals surface area contributed by atoms with E-state index in [1.807, 2.05) is 0 Å². The Morgan fingerprint density at radius 1 is 1.33 bits per heavy atom. The second kappa shape index (κ2) is 9.08. The van der Waals surface area contributed by atoms with Crippen LogP contribution in [0.15, 0.2) is 43.0 Å². The molecular formula is C16H20O5. The zero-order valence-electron chi connectivity index (χ0n) is 11.7. The minimum absolute atomic E-state index is 0.153. The maximum atomic E-state index is 11.2. The minimum atomic E-state index is -0.664. The maximum Gasteiger partial charge on any atom is 0.331 e. The number of aliphatic hydroxyl groups excluding tert-OH is 2. The van der Waals surface area contributed by atoms with E-state index in [9.17, 15) is 19.8 Å². The van der Waals surface area contributed by atoms with Crippen molar-refractivity contribution in [3.8, 4) is 0 Å². The van der Waals surface area contributed by atoms with Crippen molar-refractivity contribution in [3.05, 3.63) is 43.0 Å². The van der Waals surface area contributed by atoms with E-state index >= 15 is 0 Å². The summed E-state index contributed by atoms with van der Waals surface area (Å²) in [5.41, 5.74) is 0. The normalized spacial score (nSPS) is 28.7. The van der Waals surface area contributed by atoms with Crippen molar-refractivity contribution in [2.45, 2.75) is 25.0 Å². The maximum absolute atomic E-state index is 11.2. The molecule has 0 saturated heterocycles. The van der Waals surface area contributed by atoms with Gasteiger partial charge in [-0.3, -0.25) is 0 Å². The number of carbonyl (C=O) groups is 1. The number of hydrogen-bond acceptors (Lipinski definition) is 5. The zero-order chi connectivity index (χ0) is 15.7. The topological polar surface area (TPSA) is 83.8 Å². The van der Waals surface area contributed by atoms with Crippen LogP contribution >= 0.6 is 0 Å². The van der Waals surface area contributed by atoms with E-state index in [1.54, 1.807) is 18.1 Å². The van der Waals surface area contributed by atoms with E-state index in [0.29, 0.717) is 6.42 Å². The smallest absolute Gasteiger partial charge is 0.331 e. The summed E-state index contributed by atoms with van der Waals surface area (Å²) in [7, 11) is 0. The van der Waals surface area contributed by atoms with Crippen LogP contribution in [0, 0.1) is 11.8 Å². The van der Waals surface area contributed by atoms with Gasteiger partial charge in [-0.05, 0) is 12.3 Å². The lowest BCUT2D eigenvalue weighted by atomic mass is 9.90. The van der Waals surface area contributed by atoms with Crippen LogP contribution in [0.25, 0.3) is 0 Å². The Labute approximate surface area is 123 Å². The zero-order valence-corrected chi connectivity index (χ0v) is 11.7. The fraction of sp³-hybridized carbons (Fsp3) is 0.438. The molecule has 0 radical (unpaired) electrons. The van der Waals surface area contributed by atoms with Gasteiger partial charge in [-0.25, -0.2) is 9.59 Å². The van der Waals surface area contributed by atoms with Crippen LogP contribution < -0.4 is 0 Å². The van der Waals surface area contributed by atoms with Gasteiger partial charge in [0.25, 0.3) is 0 Å². The lowest BCUT2D eigenvalue weighted by molar-refractivity contribution is -0.136. The molecule has 1 aliphatic carbocycles. The van der Waals surface area contributed by atoms with Gasteiger partial charge in [-0.2, -0.15) is 0 Å². The van der Waals surface area contributed by atoms with Crippen molar-refractivity contribution >= 4 is 11.9 Å². The molecule has 2 N–H and O–H groups in total. The molecule has 1 rings (SSSR count). The van der Waals surface area contributed by atoms with Crippen LogP contribution in [0.3, 0.4) is 0 Å². The lowest BCUT2D eigenvalue weighted by Gasteiger charge is -2.18. The van der Waals surface area contributed by atoms with Crippen molar-refractivity contribution in [2.24, 2.45) is 11.8 Å². The second-order valence-corrected chi connectivity index (χ2v) is 4.83. The molecule has 0 bridgehead atoms. The molecule has 0 aromatic rings. The summed E-state index contributed by atoms with van der Waals surface area (Å²) >= 11 is 0. The average Bonchev–Trinajstić information content (AvgIpc) is 2.73. The van der Waals surface area contributed by atoms with Crippen LogP contribution in [-0.2, 0) is 14.3 Å². The second-order valence-electron chi connectivity index (χ2n) is 4.83.